The Morgan fingerprint density at radius 3 is 2.95 bits per heavy atom. The van der Waals surface area contributed by atoms with E-state index in [0.717, 1.165) is 29.1 Å². The molecule has 112 valence electrons. The molecule has 1 aromatic heterocycles. The van der Waals surface area contributed by atoms with Crippen LogP contribution in [-0.4, -0.2) is 36.3 Å². The smallest absolute Gasteiger partial charge is 0.239 e. The molecular weight excluding hydrogens is 268 g/mol. The number of benzene rings is 1. The Balaban J connectivity index is 2.27. The zero-order valence-electron chi connectivity index (χ0n) is 12.5. The van der Waals surface area contributed by atoms with Gasteiger partial charge in [0.05, 0.1) is 13.7 Å². The van der Waals surface area contributed by atoms with Gasteiger partial charge in [-0.05, 0) is 31.2 Å². The molecule has 0 aliphatic heterocycles. The first-order valence-corrected chi connectivity index (χ1v) is 6.85. The fraction of sp³-hybridized carbons (Fsp3) is 0.333. The van der Waals surface area contributed by atoms with E-state index in [-0.39, 0.29) is 12.5 Å². The van der Waals surface area contributed by atoms with Crippen LogP contribution in [0.2, 0.25) is 0 Å². The number of ether oxygens (including phenoxy) is 1. The number of anilines is 1. The molecule has 3 N–H and O–H groups in total. The van der Waals surface area contributed by atoms with Crippen LogP contribution < -0.4 is 15.4 Å². The van der Waals surface area contributed by atoms with Crippen LogP contribution in [0.15, 0.2) is 24.3 Å². The van der Waals surface area contributed by atoms with Gasteiger partial charge in [0.1, 0.15) is 5.75 Å². The lowest BCUT2D eigenvalue weighted by atomic mass is 10.1. The third kappa shape index (κ3) is 3.61. The number of carbonyl (C=O) groups is 1. The van der Waals surface area contributed by atoms with Crippen molar-refractivity contribution in [2.75, 3.05) is 25.5 Å². The monoisotopic (exact) mass is 288 g/mol. The predicted octanol–water partition coefficient (Wildman–Crippen LogP) is 1.94. The number of hydrogen-bond donors (Lipinski definition) is 3. The van der Waals surface area contributed by atoms with Gasteiger partial charge in [-0.25, -0.2) is 0 Å². The molecule has 6 nitrogen and oxygen atoms in total. The molecule has 0 saturated carbocycles. The molecule has 1 amide bonds. The highest BCUT2D eigenvalue weighted by Gasteiger charge is 2.15. The van der Waals surface area contributed by atoms with Gasteiger partial charge in [0.25, 0.3) is 0 Å². The average molecular weight is 288 g/mol. The van der Waals surface area contributed by atoms with E-state index in [1.807, 2.05) is 38.1 Å². The molecule has 6 heteroatoms. The number of aromatic amines is 1. The largest absolute Gasteiger partial charge is 0.497 e. The summed E-state index contributed by atoms with van der Waals surface area (Å²) in [5.41, 5.74) is 2.71. The molecule has 0 atom stereocenters. The molecule has 2 aromatic rings. The van der Waals surface area contributed by atoms with E-state index >= 15 is 0 Å². The lowest BCUT2D eigenvalue weighted by Gasteiger charge is -2.08. The first kappa shape index (κ1) is 15.1. The van der Waals surface area contributed by atoms with Crippen molar-refractivity contribution in [3.63, 3.8) is 0 Å². The van der Waals surface area contributed by atoms with Crippen LogP contribution in [0.3, 0.4) is 0 Å². The number of likely N-dealkylation sites (N-methyl/N-ethyl adjacent to an activating group) is 1. The lowest BCUT2D eigenvalue weighted by Crippen LogP contribution is -2.28. The van der Waals surface area contributed by atoms with Gasteiger partial charge < -0.3 is 15.4 Å². The van der Waals surface area contributed by atoms with Gasteiger partial charge in [0.2, 0.25) is 5.91 Å². The van der Waals surface area contributed by atoms with E-state index in [9.17, 15) is 4.79 Å². The predicted molar refractivity (Wildman–Crippen MR) is 82.5 cm³/mol. The van der Waals surface area contributed by atoms with Gasteiger partial charge in [-0.2, -0.15) is 5.10 Å². The summed E-state index contributed by atoms with van der Waals surface area (Å²) in [6.45, 7) is 4.88. The second kappa shape index (κ2) is 6.90. The maximum absolute atomic E-state index is 11.8. The first-order chi connectivity index (χ1) is 10.2. The first-order valence-electron chi connectivity index (χ1n) is 6.85. The summed E-state index contributed by atoms with van der Waals surface area (Å²) < 4.78 is 5.24. The van der Waals surface area contributed by atoms with Crippen molar-refractivity contribution in [3.05, 3.63) is 30.0 Å². The third-order valence-electron chi connectivity index (χ3n) is 3.10. The van der Waals surface area contributed by atoms with Crippen molar-refractivity contribution in [1.29, 1.82) is 0 Å². The fourth-order valence-electron chi connectivity index (χ4n) is 2.07. The zero-order chi connectivity index (χ0) is 15.2. The number of H-pyrrole nitrogens is 1. The summed E-state index contributed by atoms with van der Waals surface area (Å²) in [6.07, 6.45) is 0. The molecule has 0 spiro atoms. The fourth-order valence-corrected chi connectivity index (χ4v) is 2.07. The SMILES string of the molecule is CCNCC(=O)Nc1n[nH]c(C)c1-c1cccc(OC)c1. The Labute approximate surface area is 123 Å². The summed E-state index contributed by atoms with van der Waals surface area (Å²) in [6, 6.07) is 7.66. The van der Waals surface area contributed by atoms with E-state index in [4.69, 9.17) is 4.74 Å². The molecule has 0 aliphatic rings. The van der Waals surface area contributed by atoms with Gasteiger partial charge in [0, 0.05) is 11.3 Å². The van der Waals surface area contributed by atoms with Gasteiger partial charge in [0.15, 0.2) is 5.82 Å². The van der Waals surface area contributed by atoms with Gasteiger partial charge in [-0.1, -0.05) is 19.1 Å². The Bertz CT molecular complexity index is 622. The maximum atomic E-state index is 11.8. The zero-order valence-corrected chi connectivity index (χ0v) is 12.5. The Morgan fingerprint density at radius 1 is 1.43 bits per heavy atom. The summed E-state index contributed by atoms with van der Waals surface area (Å²) in [5.74, 6) is 1.18. The highest BCUT2D eigenvalue weighted by Crippen LogP contribution is 2.31. The number of hydrogen-bond acceptors (Lipinski definition) is 4. The van der Waals surface area contributed by atoms with E-state index in [1.54, 1.807) is 7.11 Å². The van der Waals surface area contributed by atoms with Gasteiger partial charge in [-0.3, -0.25) is 9.89 Å². The number of amides is 1. The summed E-state index contributed by atoms with van der Waals surface area (Å²) in [5, 5.41) is 12.9. The van der Waals surface area contributed by atoms with Crippen molar-refractivity contribution in [1.82, 2.24) is 15.5 Å². The number of nitrogens with zero attached hydrogens (tertiary/aromatic N) is 1. The maximum Gasteiger partial charge on any atom is 0.239 e. The molecule has 2 rings (SSSR count). The van der Waals surface area contributed by atoms with E-state index < -0.39 is 0 Å². The second-order valence-electron chi connectivity index (χ2n) is 4.63. The van der Waals surface area contributed by atoms with Crippen LogP contribution in [0.4, 0.5) is 5.82 Å². The van der Waals surface area contributed by atoms with Crippen molar-refractivity contribution in [2.45, 2.75) is 13.8 Å². The van der Waals surface area contributed by atoms with Crippen molar-refractivity contribution >= 4 is 11.7 Å². The number of methoxy groups -OCH3 is 1. The quantitative estimate of drug-likeness (QED) is 0.759. The highest BCUT2D eigenvalue weighted by molar-refractivity contribution is 5.95. The Kier molecular flexibility index (Phi) is 4.94. The summed E-state index contributed by atoms with van der Waals surface area (Å²) >= 11 is 0. The van der Waals surface area contributed by atoms with Crippen LogP contribution in [0, 0.1) is 6.92 Å². The minimum Gasteiger partial charge on any atom is -0.497 e. The average Bonchev–Trinajstić information content (AvgIpc) is 2.85. The van der Waals surface area contributed by atoms with E-state index in [2.05, 4.69) is 20.8 Å². The number of carbonyl (C=O) groups excluding carboxylic acids is 1. The lowest BCUT2D eigenvalue weighted by molar-refractivity contribution is -0.115. The molecule has 0 fully saturated rings. The molecule has 1 heterocycles. The number of aromatic nitrogens is 2. The van der Waals surface area contributed by atoms with Crippen molar-refractivity contribution in [2.24, 2.45) is 0 Å². The summed E-state index contributed by atoms with van der Waals surface area (Å²) in [4.78, 5) is 11.8. The Hall–Kier alpha value is -2.34. The molecule has 0 saturated heterocycles. The molecule has 0 bridgehead atoms. The number of rotatable bonds is 6. The highest BCUT2D eigenvalue weighted by atomic mass is 16.5. The molecule has 0 radical (unpaired) electrons. The minimum absolute atomic E-state index is 0.118. The minimum atomic E-state index is -0.118. The molecule has 0 unspecified atom stereocenters. The van der Waals surface area contributed by atoms with E-state index in [0.29, 0.717) is 5.82 Å². The number of aryl methyl sites for hydroxylation is 1. The molecule has 21 heavy (non-hydrogen) atoms. The standard InChI is InChI=1S/C15H20N4O2/c1-4-16-9-13(20)17-15-14(10(2)18-19-15)11-6-5-7-12(8-11)21-3/h5-8,16H,4,9H2,1-3H3,(H2,17,18,19,20). The Morgan fingerprint density at radius 2 is 2.24 bits per heavy atom. The van der Waals surface area contributed by atoms with Crippen LogP contribution in [0.5, 0.6) is 5.75 Å². The van der Waals surface area contributed by atoms with Crippen LogP contribution in [0.1, 0.15) is 12.6 Å². The van der Waals surface area contributed by atoms with Crippen molar-refractivity contribution in [3.8, 4) is 16.9 Å². The third-order valence-corrected chi connectivity index (χ3v) is 3.10. The van der Waals surface area contributed by atoms with Gasteiger partial charge >= 0.3 is 0 Å². The second-order valence-corrected chi connectivity index (χ2v) is 4.63. The van der Waals surface area contributed by atoms with Crippen molar-refractivity contribution < 1.29 is 9.53 Å². The van der Waals surface area contributed by atoms with Gasteiger partial charge in [-0.15, -0.1) is 0 Å². The normalized spacial score (nSPS) is 10.4. The summed E-state index contributed by atoms with van der Waals surface area (Å²) in [7, 11) is 1.63. The van der Waals surface area contributed by atoms with Crippen LogP contribution in [0.25, 0.3) is 11.1 Å². The van der Waals surface area contributed by atoms with Crippen LogP contribution >= 0.6 is 0 Å². The van der Waals surface area contributed by atoms with E-state index in [1.165, 1.54) is 0 Å². The molecule has 0 aliphatic carbocycles. The van der Waals surface area contributed by atoms with Crippen LogP contribution in [-0.2, 0) is 4.79 Å². The topological polar surface area (TPSA) is 79.0 Å². The number of nitrogens with one attached hydrogen (secondary N) is 3. The molecular formula is C15H20N4O2. The molecule has 1 aromatic carbocycles.